The summed E-state index contributed by atoms with van der Waals surface area (Å²) in [7, 11) is -1.49. The molecule has 0 aliphatic carbocycles. The average Bonchev–Trinajstić information content (AvgIpc) is 2.81. The van der Waals surface area contributed by atoms with Crippen LogP contribution in [0.3, 0.4) is 0 Å². The lowest BCUT2D eigenvalue weighted by atomic mass is 10.1. The maximum absolute atomic E-state index is 5.97. The van der Waals surface area contributed by atoms with Crippen molar-refractivity contribution in [2.24, 2.45) is 0 Å². The minimum Gasteiger partial charge on any atom is -0.495 e. The molecule has 0 aromatic heterocycles. The average molecular weight is 439 g/mol. The minimum atomic E-state index is -0.745. The summed E-state index contributed by atoms with van der Waals surface area (Å²) in [6.45, 7) is 4.17. The molecule has 6 heteroatoms. The fourth-order valence-electron chi connectivity index (χ4n) is 3.04. The topological polar surface area (TPSA) is 36.9 Å². The molecular weight excluding hydrogens is 408 g/mol. The highest BCUT2D eigenvalue weighted by molar-refractivity contribution is 6.27. The monoisotopic (exact) mass is 438 g/mol. The number of hydrogen-bond acceptors (Lipinski definition) is 4. The molecule has 0 amide bonds. The van der Waals surface area contributed by atoms with Crippen LogP contribution >= 0.6 is 0 Å². The molecule has 0 spiro atoms. The smallest absolute Gasteiger partial charge is 0.201 e. The summed E-state index contributed by atoms with van der Waals surface area (Å²) >= 11 is 0. The molecule has 0 N–H and O–H groups in total. The van der Waals surface area contributed by atoms with E-state index < -0.39 is 19.5 Å². The molecule has 4 nitrogen and oxygen atoms in total. The van der Waals surface area contributed by atoms with E-state index in [1.165, 1.54) is 11.1 Å². The van der Waals surface area contributed by atoms with E-state index in [1.54, 1.807) is 0 Å². The molecule has 0 aliphatic rings. The highest BCUT2D eigenvalue weighted by Gasteiger charge is 2.06. The van der Waals surface area contributed by atoms with E-state index in [0.29, 0.717) is 12.5 Å². The van der Waals surface area contributed by atoms with E-state index in [-0.39, 0.29) is 12.2 Å². The standard InChI is InChI=1S/C24H30O4Si2/c1-19(21-9-5-3-6-10-21)27-29-17-25-23-13-15-24(16-14-23)26-18-30-28-20(2)22-11-7-4-8-12-22/h3-16,19-20H,17-18,29-30H2,1-2H3. The minimum absolute atomic E-state index is 0.119. The molecule has 0 fully saturated rings. The molecule has 2 atom stereocenters. The second-order valence-electron chi connectivity index (χ2n) is 7.02. The Morgan fingerprint density at radius 1 is 0.567 bits per heavy atom. The predicted octanol–water partition coefficient (Wildman–Crippen LogP) is 4.08. The Morgan fingerprint density at radius 2 is 0.933 bits per heavy atom. The van der Waals surface area contributed by atoms with E-state index in [9.17, 15) is 0 Å². The zero-order valence-corrected chi connectivity index (χ0v) is 20.5. The van der Waals surface area contributed by atoms with Gasteiger partial charge in [-0.3, -0.25) is 0 Å². The summed E-state index contributed by atoms with van der Waals surface area (Å²) in [5.74, 6) is 1.69. The quantitative estimate of drug-likeness (QED) is 0.315. The van der Waals surface area contributed by atoms with Crippen LogP contribution in [-0.2, 0) is 8.85 Å². The van der Waals surface area contributed by atoms with Gasteiger partial charge in [0.15, 0.2) is 0 Å². The Labute approximate surface area is 184 Å². The van der Waals surface area contributed by atoms with Crippen LogP contribution in [0.4, 0.5) is 0 Å². The van der Waals surface area contributed by atoms with Gasteiger partial charge >= 0.3 is 0 Å². The molecule has 0 saturated heterocycles. The van der Waals surface area contributed by atoms with Crippen molar-refractivity contribution < 1.29 is 18.3 Å². The van der Waals surface area contributed by atoms with Crippen molar-refractivity contribution in [3.8, 4) is 11.5 Å². The maximum atomic E-state index is 5.97. The molecule has 0 radical (unpaired) electrons. The fraction of sp³-hybridized carbons (Fsp3) is 0.250. The van der Waals surface area contributed by atoms with Gasteiger partial charge < -0.3 is 18.3 Å². The summed E-state index contributed by atoms with van der Waals surface area (Å²) < 4.78 is 23.6. The first-order valence-corrected chi connectivity index (χ1v) is 13.6. The molecular formula is C24H30O4Si2. The highest BCUT2D eigenvalue weighted by atomic mass is 28.2. The van der Waals surface area contributed by atoms with Crippen LogP contribution in [0.15, 0.2) is 84.9 Å². The van der Waals surface area contributed by atoms with Gasteiger partial charge in [0.05, 0.1) is 24.7 Å². The van der Waals surface area contributed by atoms with Crippen LogP contribution in [0.2, 0.25) is 0 Å². The molecule has 0 bridgehead atoms. The van der Waals surface area contributed by atoms with Crippen LogP contribution in [0.1, 0.15) is 37.2 Å². The van der Waals surface area contributed by atoms with Crippen molar-refractivity contribution in [2.75, 3.05) is 12.5 Å². The Bertz CT molecular complexity index is 772. The largest absolute Gasteiger partial charge is 0.495 e. The van der Waals surface area contributed by atoms with Gasteiger partial charge in [-0.15, -0.1) is 0 Å². The maximum Gasteiger partial charge on any atom is 0.201 e. The van der Waals surface area contributed by atoms with Crippen molar-refractivity contribution in [3.05, 3.63) is 96.1 Å². The Morgan fingerprint density at radius 3 is 1.30 bits per heavy atom. The van der Waals surface area contributed by atoms with Crippen molar-refractivity contribution in [2.45, 2.75) is 26.1 Å². The zero-order valence-electron chi connectivity index (χ0n) is 17.7. The van der Waals surface area contributed by atoms with E-state index >= 15 is 0 Å². The molecule has 3 rings (SSSR count). The van der Waals surface area contributed by atoms with Crippen molar-refractivity contribution in [1.82, 2.24) is 0 Å². The van der Waals surface area contributed by atoms with Gasteiger partial charge in [-0.05, 0) is 49.2 Å². The van der Waals surface area contributed by atoms with Crippen LogP contribution < -0.4 is 9.47 Å². The lowest BCUT2D eigenvalue weighted by Gasteiger charge is -2.15. The highest BCUT2D eigenvalue weighted by Crippen LogP contribution is 2.19. The van der Waals surface area contributed by atoms with Crippen LogP contribution in [-0.4, -0.2) is 32.0 Å². The Hall–Kier alpha value is -2.39. The number of ether oxygens (including phenoxy) is 2. The molecule has 0 saturated carbocycles. The summed E-state index contributed by atoms with van der Waals surface area (Å²) in [6.07, 6.45) is 1.53. The van der Waals surface area contributed by atoms with Crippen LogP contribution in [0.5, 0.6) is 11.5 Å². The van der Waals surface area contributed by atoms with E-state index in [0.717, 1.165) is 11.5 Å². The third-order valence-electron chi connectivity index (χ3n) is 4.80. The van der Waals surface area contributed by atoms with Crippen LogP contribution in [0.25, 0.3) is 0 Å². The third kappa shape index (κ3) is 7.46. The lowest BCUT2D eigenvalue weighted by molar-refractivity contribution is 0.224. The van der Waals surface area contributed by atoms with Gasteiger partial charge in [-0.25, -0.2) is 0 Å². The first kappa shape index (κ1) is 22.3. The first-order valence-electron chi connectivity index (χ1n) is 10.4. The first-order chi connectivity index (χ1) is 14.7. The number of benzene rings is 3. The van der Waals surface area contributed by atoms with Crippen molar-refractivity contribution in [3.63, 3.8) is 0 Å². The summed E-state index contributed by atoms with van der Waals surface area (Å²) in [5, 5.41) is 0. The normalized spacial score (nSPS) is 13.7. The predicted molar refractivity (Wildman–Crippen MR) is 126 cm³/mol. The lowest BCUT2D eigenvalue weighted by Crippen LogP contribution is -2.14. The SMILES string of the molecule is CC(O[SiH2]COc1ccc(OC[SiH2]OC(C)c2ccccc2)cc1)c1ccccc1. The second-order valence-corrected chi connectivity index (χ2v) is 9.32. The summed E-state index contributed by atoms with van der Waals surface area (Å²) in [4.78, 5) is 0. The summed E-state index contributed by atoms with van der Waals surface area (Å²) in [6, 6.07) is 28.3. The fourth-order valence-corrected chi connectivity index (χ4v) is 4.96. The molecule has 158 valence electrons. The summed E-state index contributed by atoms with van der Waals surface area (Å²) in [5.41, 5.74) is 2.41. The number of rotatable bonds is 12. The van der Waals surface area contributed by atoms with Gasteiger partial charge in [0.1, 0.15) is 11.5 Å². The molecule has 0 aliphatic heterocycles. The Balaban J connectivity index is 1.30. The molecule has 3 aromatic carbocycles. The number of hydrogen-bond donors (Lipinski definition) is 0. The van der Waals surface area contributed by atoms with Gasteiger partial charge in [0, 0.05) is 0 Å². The van der Waals surface area contributed by atoms with Gasteiger partial charge in [-0.2, -0.15) is 0 Å². The van der Waals surface area contributed by atoms with Gasteiger partial charge in [0.2, 0.25) is 19.5 Å². The van der Waals surface area contributed by atoms with E-state index in [1.807, 2.05) is 60.7 Å². The van der Waals surface area contributed by atoms with E-state index in [4.69, 9.17) is 18.3 Å². The molecule has 3 aromatic rings. The second kappa shape index (κ2) is 12.3. The van der Waals surface area contributed by atoms with Crippen LogP contribution in [0, 0.1) is 0 Å². The molecule has 30 heavy (non-hydrogen) atoms. The third-order valence-corrected chi connectivity index (χ3v) is 7.01. The Kier molecular flexibility index (Phi) is 9.17. The molecule has 2 unspecified atom stereocenters. The van der Waals surface area contributed by atoms with E-state index in [2.05, 4.69) is 38.1 Å². The van der Waals surface area contributed by atoms with Crippen molar-refractivity contribution >= 4 is 19.5 Å². The zero-order chi connectivity index (χ0) is 21.0. The van der Waals surface area contributed by atoms with Gasteiger partial charge in [0.25, 0.3) is 0 Å². The molecule has 0 heterocycles. The van der Waals surface area contributed by atoms with Gasteiger partial charge in [-0.1, -0.05) is 60.7 Å². The van der Waals surface area contributed by atoms with Crippen molar-refractivity contribution in [1.29, 1.82) is 0 Å².